The van der Waals surface area contributed by atoms with E-state index in [4.69, 9.17) is 0 Å². The van der Waals surface area contributed by atoms with Crippen LogP contribution < -0.4 is 10.6 Å². The van der Waals surface area contributed by atoms with Crippen molar-refractivity contribution in [3.63, 3.8) is 0 Å². The van der Waals surface area contributed by atoms with Gasteiger partial charge in [-0.15, -0.1) is 0 Å². The zero-order valence-corrected chi connectivity index (χ0v) is 9.89. The predicted octanol–water partition coefficient (Wildman–Crippen LogP) is 3.22. The Bertz CT molecular complexity index is 371. The molecule has 18 heavy (non-hydrogen) atoms. The Balaban J connectivity index is 2.57. The highest BCUT2D eigenvalue weighted by molar-refractivity contribution is 5.54. The van der Waals surface area contributed by atoms with Crippen molar-refractivity contribution >= 4 is 11.4 Å². The Morgan fingerprint density at radius 3 is 2.39 bits per heavy atom. The highest BCUT2D eigenvalue weighted by atomic mass is 19.3. The number of alkyl halides is 4. The molecule has 0 saturated carbocycles. The van der Waals surface area contributed by atoms with Gasteiger partial charge in [-0.25, -0.2) is 8.78 Å². The van der Waals surface area contributed by atoms with Crippen LogP contribution in [-0.4, -0.2) is 30.4 Å². The van der Waals surface area contributed by atoms with E-state index in [1.807, 2.05) is 6.92 Å². The van der Waals surface area contributed by atoms with E-state index >= 15 is 0 Å². The minimum Gasteiger partial charge on any atom is -0.384 e. The van der Waals surface area contributed by atoms with Gasteiger partial charge >= 0.3 is 12.3 Å². The number of anilines is 2. The van der Waals surface area contributed by atoms with Crippen molar-refractivity contribution in [1.82, 2.24) is 4.98 Å². The first-order chi connectivity index (χ1) is 8.45. The molecule has 0 bridgehead atoms. The van der Waals surface area contributed by atoms with Gasteiger partial charge in [0, 0.05) is 6.54 Å². The van der Waals surface area contributed by atoms with Crippen LogP contribution in [0, 0.1) is 0 Å². The normalized spacial score (nSPS) is 11.7. The summed E-state index contributed by atoms with van der Waals surface area (Å²) in [4.78, 5) is 3.83. The van der Waals surface area contributed by atoms with E-state index in [9.17, 15) is 17.6 Å². The van der Waals surface area contributed by atoms with Gasteiger partial charge in [0.05, 0.1) is 30.3 Å². The van der Waals surface area contributed by atoms with E-state index in [0.717, 1.165) is 13.0 Å². The maximum absolute atomic E-state index is 12.7. The zero-order valence-electron chi connectivity index (χ0n) is 9.89. The molecular weight excluding hydrogens is 250 g/mol. The molecule has 0 amide bonds. The lowest BCUT2D eigenvalue weighted by atomic mass is 10.3. The monoisotopic (exact) mass is 265 g/mol. The first-order valence-electron chi connectivity index (χ1n) is 5.54. The molecule has 0 atom stereocenters. The molecule has 0 saturated heterocycles. The van der Waals surface area contributed by atoms with Gasteiger partial charge < -0.3 is 10.6 Å². The van der Waals surface area contributed by atoms with E-state index in [2.05, 4.69) is 15.6 Å². The van der Waals surface area contributed by atoms with Gasteiger partial charge in [-0.2, -0.15) is 8.78 Å². The van der Waals surface area contributed by atoms with Gasteiger partial charge in [0.1, 0.15) is 0 Å². The smallest absolute Gasteiger partial charge is 0.324 e. The average Bonchev–Trinajstić information content (AvgIpc) is 2.34. The van der Waals surface area contributed by atoms with Gasteiger partial charge in [-0.1, -0.05) is 6.92 Å². The number of pyridine rings is 1. The molecule has 7 heteroatoms. The number of hydrogen-bond donors (Lipinski definition) is 2. The number of halogens is 4. The van der Waals surface area contributed by atoms with Crippen molar-refractivity contribution in [1.29, 1.82) is 0 Å². The van der Waals surface area contributed by atoms with Crippen LogP contribution in [0.3, 0.4) is 0 Å². The molecule has 3 nitrogen and oxygen atoms in total. The summed E-state index contributed by atoms with van der Waals surface area (Å²) in [7, 11) is 0. The van der Waals surface area contributed by atoms with Crippen LogP contribution in [0.1, 0.15) is 13.3 Å². The Labute approximate surface area is 103 Å². The molecule has 2 N–H and O–H groups in total. The van der Waals surface area contributed by atoms with Gasteiger partial charge in [-0.3, -0.25) is 4.98 Å². The van der Waals surface area contributed by atoms with Gasteiger partial charge in [0.2, 0.25) is 0 Å². The van der Waals surface area contributed by atoms with Gasteiger partial charge in [0.15, 0.2) is 0 Å². The van der Waals surface area contributed by atoms with Crippen LogP contribution >= 0.6 is 0 Å². The summed E-state index contributed by atoms with van der Waals surface area (Å²) in [6.45, 7) is 1.58. The van der Waals surface area contributed by atoms with Crippen LogP contribution in [-0.2, 0) is 0 Å². The molecule has 0 aliphatic heterocycles. The molecule has 0 aromatic carbocycles. The maximum atomic E-state index is 12.7. The van der Waals surface area contributed by atoms with Crippen LogP contribution in [0.4, 0.5) is 28.9 Å². The molecular formula is C11H15F4N3. The van der Waals surface area contributed by atoms with Crippen molar-refractivity contribution in [2.24, 2.45) is 0 Å². The van der Waals surface area contributed by atoms with Crippen molar-refractivity contribution in [3.8, 4) is 0 Å². The van der Waals surface area contributed by atoms with Crippen LogP contribution in [0.2, 0.25) is 0 Å². The topological polar surface area (TPSA) is 37.0 Å². The number of nitrogens with zero attached hydrogens (tertiary/aromatic N) is 1. The second kappa shape index (κ2) is 6.42. The highest BCUT2D eigenvalue weighted by Crippen LogP contribution is 2.23. The fourth-order valence-electron chi connectivity index (χ4n) is 1.20. The number of nitrogens with one attached hydrogen (secondary N) is 2. The van der Waals surface area contributed by atoms with Crippen molar-refractivity contribution in [2.75, 3.05) is 23.7 Å². The Morgan fingerprint density at radius 1 is 1.22 bits per heavy atom. The average molecular weight is 265 g/mol. The third-order valence-corrected chi connectivity index (χ3v) is 2.16. The quantitative estimate of drug-likeness (QED) is 0.743. The summed E-state index contributed by atoms with van der Waals surface area (Å²) in [6.07, 6.45) is 0.0608. The molecule has 0 aliphatic rings. The minimum atomic E-state index is -4.05. The van der Waals surface area contributed by atoms with Crippen molar-refractivity contribution < 1.29 is 17.6 Å². The molecule has 1 heterocycles. The standard InChI is InChI=1S/C11H15F4N3/c1-2-3-17-8-4-9(6-16-5-8)18-7-11(14,15)10(12)13/h4-6,10,17-18H,2-3,7H2,1H3. The van der Waals surface area contributed by atoms with Gasteiger partial charge in [0.25, 0.3) is 0 Å². The molecule has 0 aliphatic carbocycles. The highest BCUT2D eigenvalue weighted by Gasteiger charge is 2.40. The Morgan fingerprint density at radius 2 is 1.83 bits per heavy atom. The lowest BCUT2D eigenvalue weighted by Gasteiger charge is -2.16. The fourth-order valence-corrected chi connectivity index (χ4v) is 1.20. The SMILES string of the molecule is CCCNc1cncc(NCC(F)(F)C(F)F)c1. The summed E-state index contributed by atoms with van der Waals surface area (Å²) in [5.74, 6) is -4.05. The summed E-state index contributed by atoms with van der Waals surface area (Å²) in [5.41, 5.74) is 0.929. The number of rotatable bonds is 7. The molecule has 102 valence electrons. The number of hydrogen-bond acceptors (Lipinski definition) is 3. The summed E-state index contributed by atoms with van der Waals surface area (Å²) in [6, 6.07) is 1.55. The van der Waals surface area contributed by atoms with Gasteiger partial charge in [-0.05, 0) is 12.5 Å². The first kappa shape index (κ1) is 14.5. The first-order valence-corrected chi connectivity index (χ1v) is 5.54. The number of aromatic nitrogens is 1. The summed E-state index contributed by atoms with van der Waals surface area (Å²) in [5, 5.41) is 5.27. The molecule has 0 spiro atoms. The molecule has 0 fully saturated rings. The third-order valence-electron chi connectivity index (χ3n) is 2.16. The van der Waals surface area contributed by atoms with Crippen LogP contribution in [0.25, 0.3) is 0 Å². The summed E-state index contributed by atoms with van der Waals surface area (Å²) >= 11 is 0. The Kier molecular flexibility index (Phi) is 5.18. The maximum Gasteiger partial charge on any atom is 0.324 e. The lowest BCUT2D eigenvalue weighted by Crippen LogP contribution is -2.34. The molecule has 0 radical (unpaired) electrons. The summed E-state index contributed by atoms with van der Waals surface area (Å²) < 4.78 is 49.3. The van der Waals surface area contributed by atoms with Crippen LogP contribution in [0.5, 0.6) is 0 Å². The van der Waals surface area contributed by atoms with E-state index < -0.39 is 18.9 Å². The second-order valence-corrected chi connectivity index (χ2v) is 3.80. The molecule has 1 aromatic rings. The fraction of sp³-hybridized carbons (Fsp3) is 0.545. The van der Waals surface area contributed by atoms with Crippen molar-refractivity contribution in [3.05, 3.63) is 18.5 Å². The molecule has 0 unspecified atom stereocenters. The van der Waals surface area contributed by atoms with E-state index in [0.29, 0.717) is 5.69 Å². The second-order valence-electron chi connectivity index (χ2n) is 3.80. The van der Waals surface area contributed by atoms with Crippen molar-refractivity contribution in [2.45, 2.75) is 25.7 Å². The zero-order chi connectivity index (χ0) is 13.6. The minimum absolute atomic E-state index is 0.274. The molecule has 1 rings (SSSR count). The van der Waals surface area contributed by atoms with E-state index in [1.54, 1.807) is 6.07 Å². The lowest BCUT2D eigenvalue weighted by molar-refractivity contribution is -0.117. The van der Waals surface area contributed by atoms with E-state index in [1.165, 1.54) is 12.4 Å². The molecule has 1 aromatic heterocycles. The van der Waals surface area contributed by atoms with E-state index in [-0.39, 0.29) is 5.69 Å². The predicted molar refractivity (Wildman–Crippen MR) is 62.5 cm³/mol. The third kappa shape index (κ3) is 4.38. The van der Waals surface area contributed by atoms with Crippen LogP contribution in [0.15, 0.2) is 18.5 Å². The Hall–Kier alpha value is -1.53. The largest absolute Gasteiger partial charge is 0.384 e.